The third-order valence-electron chi connectivity index (χ3n) is 18.4. The summed E-state index contributed by atoms with van der Waals surface area (Å²) in [6.45, 7) is 12.1. The molecule has 4 N–H and O–H groups in total. The Balaban J connectivity index is 0.000000256. The number of rotatable bonds is 23. The number of aromatic carboxylic acids is 1. The molecule has 3 amide bonds. The van der Waals surface area contributed by atoms with Crippen LogP contribution in [0.1, 0.15) is 161 Å². The molecule has 6 aromatic rings. The zero-order chi connectivity index (χ0) is 73.9. The highest BCUT2D eigenvalue weighted by atomic mass is 128. The first-order chi connectivity index (χ1) is 47.8. The number of hydrogen-bond acceptors (Lipinski definition) is 15. The van der Waals surface area contributed by atoms with Gasteiger partial charge in [0.25, 0.3) is 22.0 Å². The number of nitrogens with two attached hydrogens (primary N) is 1. The highest BCUT2D eigenvalue weighted by Crippen LogP contribution is 2.49. The minimum atomic E-state index is -4.14. The van der Waals surface area contributed by atoms with E-state index in [-0.39, 0.29) is 83.1 Å². The van der Waals surface area contributed by atoms with Crippen LogP contribution in [0.25, 0.3) is 56.5 Å². The predicted octanol–water partition coefficient (Wildman–Crippen LogP) is 12.7. The lowest BCUT2D eigenvalue weighted by molar-refractivity contribution is -0.127. The van der Waals surface area contributed by atoms with Crippen molar-refractivity contribution in [2.45, 2.75) is 142 Å². The second-order valence-corrected chi connectivity index (χ2v) is 31.3. The first-order valence-corrected chi connectivity index (χ1v) is 43.1. The van der Waals surface area contributed by atoms with E-state index in [1.807, 2.05) is 92.2 Å². The summed E-state index contributed by atoms with van der Waals surface area (Å²) in [6.07, 6.45) is 14.0. The third kappa shape index (κ3) is 20.2. The van der Waals surface area contributed by atoms with Crippen LogP contribution in [0, 0.1) is 0 Å². The van der Waals surface area contributed by atoms with Crippen LogP contribution in [0.4, 0.5) is 4.79 Å². The Labute approximate surface area is 616 Å². The molecule has 2 aliphatic heterocycles. The van der Waals surface area contributed by atoms with Gasteiger partial charge in [0.2, 0.25) is 0 Å². The van der Waals surface area contributed by atoms with E-state index >= 15 is 0 Å². The van der Waals surface area contributed by atoms with Crippen LogP contribution in [-0.2, 0) is 62.0 Å². The lowest BCUT2D eigenvalue weighted by atomic mass is 9.81. The molecule has 2 saturated carbocycles. The molecule has 2 aromatic heterocycles. The molecule has 550 valence electrons. The minimum Gasteiger partial charge on any atom is -0.497 e. The number of esters is 1. The van der Waals surface area contributed by atoms with Crippen LogP contribution in [0.2, 0.25) is 0 Å². The van der Waals surface area contributed by atoms with Gasteiger partial charge in [-0.05, 0) is 174 Å². The van der Waals surface area contributed by atoms with Crippen molar-refractivity contribution in [1.82, 2.24) is 32.3 Å². The number of carboxylic acids is 1. The Bertz CT molecular complexity index is 4320. The summed E-state index contributed by atoms with van der Waals surface area (Å²) in [5, 5.41) is 17.0. The number of benzene rings is 4. The van der Waals surface area contributed by atoms with Gasteiger partial charge in [0.05, 0.1) is 76.3 Å². The van der Waals surface area contributed by atoms with Crippen molar-refractivity contribution in [3.8, 4) is 34.0 Å². The number of nitrogens with one attached hydrogen (secondary N) is 1. The number of hydrogen-bond donors (Lipinski definition) is 3. The molecule has 4 aliphatic rings. The van der Waals surface area contributed by atoms with Crippen molar-refractivity contribution in [2.75, 3.05) is 95.0 Å². The van der Waals surface area contributed by atoms with Crippen molar-refractivity contribution < 1.29 is 74.3 Å². The van der Waals surface area contributed by atoms with E-state index in [1.54, 1.807) is 71.0 Å². The Morgan fingerprint density at radius 2 is 0.970 bits per heavy atom. The first-order valence-electron chi connectivity index (χ1n) is 33.9. The standard InChI is InChI=1S/C41H56N4O9S.C32H40N4O7S.I2/c1-40(2,3)53-38(47)28-15-17-33-34(25-28)45-26-30(23-29-24-31(51-9)16-18-32(29)36(45)35(33)27-13-11-10-12-14-27)37(46)43(7)19-21-52-22-20-44(8)55(49,50)42-39(48)54-41(4,5)6;1-34(13-15-43-16-14-35(2)44(33,40)41)31(37)24-17-23-18-25(42-3)10-12-26(23)30-29(21-7-5-4-6-8-21)27-11-9-22(32(38)39)19-28(27)36(30)20-24;1-2/h15-18,23-25,27H,10-14,19-22,26H2,1-9H3,(H,42,48);9-12,17-19,21H,4-8,13-16,20H2,1-3H3,(H,38,39)(H2,33,40,41);. The van der Waals surface area contributed by atoms with Crippen molar-refractivity contribution in [3.63, 3.8) is 0 Å². The zero-order valence-corrected chi connectivity index (χ0v) is 65.7. The number of aromatic nitrogens is 2. The molecule has 0 saturated heterocycles. The molecule has 24 nitrogen and oxygen atoms in total. The fraction of sp³-hybridized carbons (Fsp3) is 0.493. The Morgan fingerprint density at radius 3 is 1.38 bits per heavy atom. The SMILES string of the molecule is COc1ccc2c(c1)C=C(C(=O)N(C)CCOCCN(C)S(=O)(=O)NC(=O)OC(C)(C)C)Cn1c-2c(C2CCCCC2)c2ccc(C(=O)OC(C)(C)C)cc21.COc1ccc2c(c1)C=C(C(=O)N(C)CCOCCN(C)S(N)(=O)=O)Cn1c-2c(C2CCCCC2)c2ccc(C(=O)O)cc21.II. The lowest BCUT2D eigenvalue weighted by Crippen LogP contribution is -2.44. The summed E-state index contributed by atoms with van der Waals surface area (Å²) < 4.78 is 89.3. The van der Waals surface area contributed by atoms with Crippen LogP contribution in [0.15, 0.2) is 83.9 Å². The number of halogens is 2. The number of methoxy groups -OCH3 is 2. The molecule has 0 spiro atoms. The van der Waals surface area contributed by atoms with Gasteiger partial charge in [0.1, 0.15) is 22.7 Å². The van der Waals surface area contributed by atoms with Gasteiger partial charge < -0.3 is 52.5 Å². The van der Waals surface area contributed by atoms with Gasteiger partial charge in [0, 0.05) is 136 Å². The maximum atomic E-state index is 14.3. The minimum absolute atomic E-state index is 0.0301. The summed E-state index contributed by atoms with van der Waals surface area (Å²) in [6, 6.07) is 22.9. The fourth-order valence-corrected chi connectivity index (χ4v) is 14.4. The summed E-state index contributed by atoms with van der Waals surface area (Å²) >= 11 is 4.24. The monoisotopic (exact) mass is 1660 g/mol. The van der Waals surface area contributed by atoms with E-state index in [2.05, 4.69) is 52.4 Å². The smallest absolute Gasteiger partial charge is 0.422 e. The van der Waals surface area contributed by atoms with Gasteiger partial charge >= 0.3 is 28.2 Å². The van der Waals surface area contributed by atoms with Crippen molar-refractivity contribution in [1.29, 1.82) is 0 Å². The number of fused-ring (bicyclic) bond motifs is 10. The van der Waals surface area contributed by atoms with E-state index in [0.717, 1.165) is 115 Å². The van der Waals surface area contributed by atoms with E-state index in [1.165, 1.54) is 38.1 Å². The molecule has 28 heteroatoms. The molecule has 4 aromatic carbocycles. The van der Waals surface area contributed by atoms with Gasteiger partial charge in [-0.3, -0.25) is 9.59 Å². The summed E-state index contributed by atoms with van der Waals surface area (Å²) in [5.74, 6) is 0.221. The molecule has 0 atom stereocenters. The van der Waals surface area contributed by atoms with Gasteiger partial charge in [-0.2, -0.15) is 25.4 Å². The Kier molecular flexibility index (Phi) is 27.5. The maximum absolute atomic E-state index is 14.3. The number of ether oxygens (including phenoxy) is 6. The Hall–Kier alpha value is -6.65. The fourth-order valence-electron chi connectivity index (χ4n) is 13.4. The molecule has 10 rings (SSSR count). The third-order valence-corrected chi connectivity index (χ3v) is 20.9. The van der Waals surface area contributed by atoms with Crippen molar-refractivity contribution in [3.05, 3.63) is 117 Å². The first kappa shape index (κ1) is 80.0. The number of amides is 3. The van der Waals surface area contributed by atoms with Crippen LogP contribution in [-0.4, -0.2) is 186 Å². The molecule has 0 radical (unpaired) electrons. The zero-order valence-electron chi connectivity index (χ0n) is 59.8. The second kappa shape index (κ2) is 34.8. The highest BCUT2D eigenvalue weighted by molar-refractivity contribution is 15.0. The largest absolute Gasteiger partial charge is 0.497 e. The molecule has 4 heterocycles. The molecular formula is C73H96I2N8O16S2. The summed E-state index contributed by atoms with van der Waals surface area (Å²) in [5.41, 5.74) is 10.1. The lowest BCUT2D eigenvalue weighted by Gasteiger charge is -2.24. The van der Waals surface area contributed by atoms with Crippen molar-refractivity contribution in [2.24, 2.45) is 5.14 Å². The molecule has 2 fully saturated rings. The maximum Gasteiger partial charge on any atom is 0.422 e. The normalized spacial score (nSPS) is 15.0. The molecule has 2 aliphatic carbocycles. The van der Waals surface area contributed by atoms with Gasteiger partial charge in [0.15, 0.2) is 0 Å². The quantitative estimate of drug-likeness (QED) is 0.0305. The van der Waals surface area contributed by atoms with E-state index in [4.69, 9.17) is 33.6 Å². The molecular weight excluding hydrogens is 1560 g/mol. The number of nitrogens with zero attached hydrogens (tertiary/aromatic N) is 6. The molecule has 0 bridgehead atoms. The number of carboxylic acid groups (broad SMARTS) is 1. The van der Waals surface area contributed by atoms with Gasteiger partial charge in [-0.25, -0.2) is 24.2 Å². The Morgan fingerprint density at radius 1 is 0.564 bits per heavy atom. The average molecular weight is 1660 g/mol. The molecule has 0 unspecified atom stereocenters. The number of carbonyl (C=O) groups excluding carboxylic acids is 4. The summed E-state index contributed by atoms with van der Waals surface area (Å²) in [4.78, 5) is 68.6. The van der Waals surface area contributed by atoms with Crippen LogP contribution >= 0.6 is 37.2 Å². The highest BCUT2D eigenvalue weighted by Gasteiger charge is 2.35. The van der Waals surface area contributed by atoms with E-state index < -0.39 is 49.7 Å². The number of carbonyl (C=O) groups is 5. The van der Waals surface area contributed by atoms with Crippen molar-refractivity contribution >= 4 is 121 Å². The second-order valence-electron chi connectivity index (χ2n) is 27.9. The predicted molar refractivity (Wildman–Crippen MR) is 409 cm³/mol. The van der Waals surface area contributed by atoms with Crippen LogP contribution in [0.5, 0.6) is 11.5 Å². The summed E-state index contributed by atoms with van der Waals surface area (Å²) in [7, 11) is 1.41. The molecule has 101 heavy (non-hydrogen) atoms. The van der Waals surface area contributed by atoms with E-state index in [9.17, 15) is 45.9 Å². The topological polar surface area (TPSA) is 290 Å². The average Bonchev–Trinajstić information content (AvgIpc) is 1.58. The number of likely N-dealkylation sites (N-methyl/N-ethyl adjacent to an activating group) is 4. The van der Waals surface area contributed by atoms with Crippen LogP contribution in [0.3, 0.4) is 0 Å². The van der Waals surface area contributed by atoms with E-state index in [0.29, 0.717) is 40.0 Å². The van der Waals surface area contributed by atoms with Gasteiger partial charge in [-0.15, -0.1) is 0 Å². The van der Waals surface area contributed by atoms with Crippen LogP contribution < -0.4 is 19.3 Å². The van der Waals surface area contributed by atoms with Gasteiger partial charge in [-0.1, -0.05) is 50.7 Å².